The van der Waals surface area contributed by atoms with E-state index in [2.05, 4.69) is 20.5 Å². The number of ether oxygens (including phenoxy) is 2. The van der Waals surface area contributed by atoms with Crippen molar-refractivity contribution < 1.29 is 13.9 Å². The van der Waals surface area contributed by atoms with Gasteiger partial charge in [0.25, 0.3) is 0 Å². The first-order valence-corrected chi connectivity index (χ1v) is 7.82. The van der Waals surface area contributed by atoms with E-state index in [4.69, 9.17) is 14.6 Å². The van der Waals surface area contributed by atoms with E-state index < -0.39 is 5.82 Å². The number of methoxy groups -OCH3 is 1. The highest BCUT2D eigenvalue weighted by atomic mass is 19.1. The Morgan fingerprint density at radius 2 is 2.24 bits per heavy atom. The van der Waals surface area contributed by atoms with Gasteiger partial charge in [-0.2, -0.15) is 10.2 Å². The molecule has 1 aliphatic rings. The molecule has 8 nitrogen and oxygen atoms in total. The molecule has 0 spiro atoms. The molecule has 9 heteroatoms. The van der Waals surface area contributed by atoms with Crippen LogP contribution in [0.3, 0.4) is 0 Å². The summed E-state index contributed by atoms with van der Waals surface area (Å²) in [5.41, 5.74) is 4.10. The summed E-state index contributed by atoms with van der Waals surface area (Å²) in [6, 6.07) is 1.35. The highest BCUT2D eigenvalue weighted by Gasteiger charge is 2.24. The Labute approximate surface area is 143 Å². The van der Waals surface area contributed by atoms with E-state index >= 15 is 0 Å². The molecule has 3 aromatic heterocycles. The summed E-state index contributed by atoms with van der Waals surface area (Å²) >= 11 is 0. The van der Waals surface area contributed by atoms with Gasteiger partial charge in [0, 0.05) is 29.3 Å². The van der Waals surface area contributed by atoms with Crippen LogP contribution in [0.2, 0.25) is 0 Å². The lowest BCUT2D eigenvalue weighted by Gasteiger charge is -2.09. The Morgan fingerprint density at radius 1 is 1.36 bits per heavy atom. The molecule has 0 fully saturated rings. The molecule has 25 heavy (non-hydrogen) atoms. The predicted octanol–water partition coefficient (Wildman–Crippen LogP) is 2.06. The van der Waals surface area contributed by atoms with Crippen LogP contribution < -0.4 is 10.1 Å². The van der Waals surface area contributed by atoms with Crippen molar-refractivity contribution in [3.05, 3.63) is 35.5 Å². The second kappa shape index (κ2) is 6.17. The van der Waals surface area contributed by atoms with Gasteiger partial charge in [-0.1, -0.05) is 0 Å². The van der Waals surface area contributed by atoms with Crippen LogP contribution in [0.15, 0.2) is 18.5 Å². The lowest BCUT2D eigenvalue weighted by atomic mass is 10.1. The number of hydrogen-bond donors (Lipinski definition) is 2. The standard InChI is InChI=1S/C16H17FN6O2/c1-9-12(7-20-21-9)14-11-3-4-25-8-19-15(11)23(22-14)10-5-13(17)16(24-2)18-6-10/h5-7,19H,3-4,8H2,1-2H3,(H,20,21). The van der Waals surface area contributed by atoms with E-state index in [9.17, 15) is 4.39 Å². The predicted molar refractivity (Wildman–Crippen MR) is 88.3 cm³/mol. The van der Waals surface area contributed by atoms with Crippen molar-refractivity contribution >= 4 is 5.82 Å². The van der Waals surface area contributed by atoms with E-state index in [1.54, 1.807) is 10.9 Å². The van der Waals surface area contributed by atoms with Crippen molar-refractivity contribution in [2.45, 2.75) is 13.3 Å². The number of halogens is 1. The molecule has 0 radical (unpaired) electrons. The van der Waals surface area contributed by atoms with Crippen LogP contribution in [-0.2, 0) is 11.2 Å². The van der Waals surface area contributed by atoms with Crippen LogP contribution in [0.25, 0.3) is 16.9 Å². The summed E-state index contributed by atoms with van der Waals surface area (Å²) in [7, 11) is 1.38. The average molecular weight is 344 g/mol. The van der Waals surface area contributed by atoms with Gasteiger partial charge in [-0.25, -0.2) is 14.1 Å². The Bertz CT molecular complexity index is 919. The Hall–Kier alpha value is -2.94. The summed E-state index contributed by atoms with van der Waals surface area (Å²) in [5.74, 6) is 0.166. The number of rotatable bonds is 3. The first-order chi connectivity index (χ1) is 12.2. The summed E-state index contributed by atoms with van der Waals surface area (Å²) in [6.45, 7) is 2.86. The van der Waals surface area contributed by atoms with Crippen LogP contribution >= 0.6 is 0 Å². The van der Waals surface area contributed by atoms with E-state index in [-0.39, 0.29) is 5.88 Å². The number of H-pyrrole nitrogens is 1. The van der Waals surface area contributed by atoms with Gasteiger partial charge >= 0.3 is 0 Å². The van der Waals surface area contributed by atoms with Crippen molar-refractivity contribution in [1.29, 1.82) is 0 Å². The molecule has 0 aliphatic carbocycles. The zero-order valence-electron chi connectivity index (χ0n) is 13.8. The largest absolute Gasteiger partial charge is 0.479 e. The van der Waals surface area contributed by atoms with Gasteiger partial charge in [-0.15, -0.1) is 0 Å². The number of anilines is 1. The Kier molecular flexibility index (Phi) is 3.85. The second-order valence-corrected chi connectivity index (χ2v) is 5.66. The molecule has 0 bridgehead atoms. The lowest BCUT2D eigenvalue weighted by molar-refractivity contribution is 0.159. The van der Waals surface area contributed by atoms with Crippen molar-refractivity contribution in [1.82, 2.24) is 25.0 Å². The smallest absolute Gasteiger partial charge is 0.250 e. The number of hydrogen-bond acceptors (Lipinski definition) is 6. The average Bonchev–Trinajstić information content (AvgIpc) is 3.09. The second-order valence-electron chi connectivity index (χ2n) is 5.66. The minimum Gasteiger partial charge on any atom is -0.479 e. The van der Waals surface area contributed by atoms with Gasteiger partial charge in [-0.3, -0.25) is 5.10 Å². The van der Waals surface area contributed by atoms with E-state index in [0.717, 1.165) is 28.3 Å². The minimum absolute atomic E-state index is 0.0517. The SMILES string of the molecule is COc1ncc(-n2nc(-c3cn[nH]c3C)c3c2NCOCC3)cc1F. The zero-order chi connectivity index (χ0) is 17.4. The third kappa shape index (κ3) is 2.62. The quantitative estimate of drug-likeness (QED) is 0.756. The number of pyridine rings is 1. The molecular formula is C16H17FN6O2. The van der Waals surface area contributed by atoms with Gasteiger partial charge < -0.3 is 14.8 Å². The van der Waals surface area contributed by atoms with E-state index in [0.29, 0.717) is 25.4 Å². The van der Waals surface area contributed by atoms with E-state index in [1.165, 1.54) is 19.4 Å². The fourth-order valence-electron chi connectivity index (χ4n) is 2.91. The van der Waals surface area contributed by atoms with Crippen LogP contribution in [0.1, 0.15) is 11.3 Å². The number of aromatic amines is 1. The molecule has 130 valence electrons. The topological polar surface area (TPSA) is 89.9 Å². The number of nitrogens with zero attached hydrogens (tertiary/aromatic N) is 4. The van der Waals surface area contributed by atoms with Crippen LogP contribution in [0, 0.1) is 12.7 Å². The molecule has 0 atom stereocenters. The van der Waals surface area contributed by atoms with Gasteiger partial charge in [0.2, 0.25) is 5.88 Å². The lowest BCUT2D eigenvalue weighted by Crippen LogP contribution is -2.09. The van der Waals surface area contributed by atoms with Crippen LogP contribution in [0.4, 0.5) is 10.2 Å². The molecule has 0 saturated heterocycles. The van der Waals surface area contributed by atoms with Gasteiger partial charge in [0.1, 0.15) is 18.2 Å². The summed E-state index contributed by atoms with van der Waals surface area (Å²) in [5, 5.41) is 14.9. The summed E-state index contributed by atoms with van der Waals surface area (Å²) in [4.78, 5) is 4.00. The number of nitrogens with one attached hydrogen (secondary N) is 2. The number of aryl methyl sites for hydroxylation is 1. The fourth-order valence-corrected chi connectivity index (χ4v) is 2.91. The fraction of sp³-hybridized carbons (Fsp3) is 0.312. The van der Waals surface area contributed by atoms with Crippen LogP contribution in [-0.4, -0.2) is 45.4 Å². The molecule has 1 aliphatic heterocycles. The minimum atomic E-state index is -0.546. The maximum Gasteiger partial charge on any atom is 0.250 e. The molecule has 3 aromatic rings. The Balaban J connectivity index is 1.90. The third-order valence-corrected chi connectivity index (χ3v) is 4.14. The number of aromatic nitrogens is 5. The van der Waals surface area contributed by atoms with Crippen LogP contribution in [0.5, 0.6) is 5.88 Å². The number of fused-ring (bicyclic) bond motifs is 1. The van der Waals surface area contributed by atoms with Crippen molar-refractivity contribution in [2.75, 3.05) is 25.8 Å². The maximum absolute atomic E-state index is 14.1. The zero-order valence-corrected chi connectivity index (χ0v) is 13.8. The van der Waals surface area contributed by atoms with Crippen molar-refractivity contribution in [3.63, 3.8) is 0 Å². The highest BCUT2D eigenvalue weighted by Crippen LogP contribution is 2.33. The maximum atomic E-state index is 14.1. The van der Waals surface area contributed by atoms with Crippen molar-refractivity contribution in [2.24, 2.45) is 0 Å². The molecule has 0 unspecified atom stereocenters. The third-order valence-electron chi connectivity index (χ3n) is 4.14. The highest BCUT2D eigenvalue weighted by molar-refractivity contribution is 5.72. The molecule has 4 heterocycles. The van der Waals surface area contributed by atoms with Gasteiger partial charge in [0.15, 0.2) is 5.82 Å². The normalized spacial score (nSPS) is 13.9. The molecule has 2 N–H and O–H groups in total. The van der Waals surface area contributed by atoms with Gasteiger partial charge in [0.05, 0.1) is 31.8 Å². The van der Waals surface area contributed by atoms with Gasteiger partial charge in [-0.05, 0) is 6.92 Å². The molecule has 0 saturated carbocycles. The van der Waals surface area contributed by atoms with Crippen molar-refractivity contribution in [3.8, 4) is 22.8 Å². The summed E-state index contributed by atoms with van der Waals surface area (Å²) < 4.78 is 26.1. The molecule has 0 amide bonds. The Morgan fingerprint density at radius 3 is 2.96 bits per heavy atom. The van der Waals surface area contributed by atoms with E-state index in [1.807, 2.05) is 6.92 Å². The molecule has 0 aromatic carbocycles. The first-order valence-electron chi connectivity index (χ1n) is 7.82. The molecule has 4 rings (SSSR count). The summed E-state index contributed by atoms with van der Waals surface area (Å²) in [6.07, 6.45) is 3.95. The molecular weight excluding hydrogens is 327 g/mol. The monoisotopic (exact) mass is 344 g/mol. The first kappa shape index (κ1) is 15.6.